The van der Waals surface area contributed by atoms with Gasteiger partial charge in [0.05, 0.1) is 16.8 Å². The predicted molar refractivity (Wildman–Crippen MR) is 79.0 cm³/mol. The van der Waals surface area contributed by atoms with Crippen LogP contribution in [0.3, 0.4) is 0 Å². The van der Waals surface area contributed by atoms with E-state index in [1.807, 2.05) is 0 Å². The van der Waals surface area contributed by atoms with Gasteiger partial charge in [0.1, 0.15) is 0 Å². The summed E-state index contributed by atoms with van der Waals surface area (Å²) < 4.78 is 83.7. The van der Waals surface area contributed by atoms with E-state index in [1.165, 1.54) is 6.07 Å². The lowest BCUT2D eigenvalue weighted by Crippen LogP contribution is -2.39. The van der Waals surface area contributed by atoms with E-state index in [0.29, 0.717) is 19.2 Å². The second-order valence-corrected chi connectivity index (χ2v) is 6.06. The van der Waals surface area contributed by atoms with Crippen LogP contribution in [-0.2, 0) is 11.8 Å². The van der Waals surface area contributed by atoms with Crippen molar-refractivity contribution < 1.29 is 35.9 Å². The lowest BCUT2D eigenvalue weighted by molar-refractivity contribution is -0.258. The SMILES string of the molecule is CC(O)(c1cn(-c2ncc(C(F)(F)F)cc2Cl)c2occc12)C(F)(F)F. The maximum atomic E-state index is 13.2. The minimum absolute atomic E-state index is 0.0786. The number of halogens is 7. The van der Waals surface area contributed by atoms with Crippen LogP contribution in [-0.4, -0.2) is 20.8 Å². The molecule has 1 atom stereocenters. The number of rotatable bonds is 2. The van der Waals surface area contributed by atoms with Gasteiger partial charge >= 0.3 is 12.4 Å². The largest absolute Gasteiger partial charge is 0.447 e. The molecule has 0 saturated carbocycles. The van der Waals surface area contributed by atoms with Gasteiger partial charge in [0.25, 0.3) is 0 Å². The summed E-state index contributed by atoms with van der Waals surface area (Å²) in [6.45, 7) is 0.556. The molecular weight excluding hydrogens is 390 g/mol. The lowest BCUT2D eigenvalue weighted by atomic mass is 9.96. The maximum Gasteiger partial charge on any atom is 0.421 e. The van der Waals surface area contributed by atoms with E-state index in [1.54, 1.807) is 0 Å². The molecule has 3 aromatic rings. The first-order valence-electron chi connectivity index (χ1n) is 6.95. The Morgan fingerprint density at radius 1 is 1.19 bits per heavy atom. The van der Waals surface area contributed by atoms with Crippen molar-refractivity contribution in [1.29, 1.82) is 0 Å². The molecule has 1 N–H and O–H groups in total. The molecule has 0 saturated heterocycles. The predicted octanol–water partition coefficient (Wildman–Crippen LogP) is 5.06. The number of alkyl halides is 6. The zero-order valence-corrected chi connectivity index (χ0v) is 13.5. The summed E-state index contributed by atoms with van der Waals surface area (Å²) in [6.07, 6.45) is -7.23. The van der Waals surface area contributed by atoms with E-state index in [4.69, 9.17) is 16.0 Å². The van der Waals surface area contributed by atoms with Gasteiger partial charge < -0.3 is 9.52 Å². The lowest BCUT2D eigenvalue weighted by Gasteiger charge is -2.25. The van der Waals surface area contributed by atoms with Gasteiger partial charge in [-0.3, -0.25) is 4.57 Å². The van der Waals surface area contributed by atoms with Crippen LogP contribution in [0.15, 0.2) is 35.2 Å². The monoisotopic (exact) mass is 398 g/mol. The van der Waals surface area contributed by atoms with Crippen LogP contribution in [0.5, 0.6) is 0 Å². The van der Waals surface area contributed by atoms with Crippen LogP contribution in [0.4, 0.5) is 26.3 Å². The molecule has 0 spiro atoms. The number of hydrogen-bond donors (Lipinski definition) is 1. The Kier molecular flexibility index (Phi) is 4.04. The number of fused-ring (bicyclic) bond motifs is 1. The van der Waals surface area contributed by atoms with Crippen LogP contribution in [0.2, 0.25) is 5.02 Å². The molecule has 3 rings (SSSR count). The third-order valence-corrected chi connectivity index (χ3v) is 4.14. The van der Waals surface area contributed by atoms with E-state index in [0.717, 1.165) is 17.0 Å². The Balaban J connectivity index is 2.21. The molecule has 3 heterocycles. The number of nitrogens with zero attached hydrogens (tertiary/aromatic N) is 2. The van der Waals surface area contributed by atoms with Crippen LogP contribution < -0.4 is 0 Å². The normalized spacial score (nSPS) is 15.4. The Hall–Kier alpha value is -2.20. The quantitative estimate of drug-likeness (QED) is 0.614. The molecule has 3 aromatic heterocycles. The van der Waals surface area contributed by atoms with E-state index >= 15 is 0 Å². The van der Waals surface area contributed by atoms with Crippen molar-refractivity contribution in [2.75, 3.05) is 0 Å². The van der Waals surface area contributed by atoms with E-state index < -0.39 is 34.1 Å². The minimum Gasteiger partial charge on any atom is -0.447 e. The van der Waals surface area contributed by atoms with Crippen molar-refractivity contribution in [3.8, 4) is 5.82 Å². The summed E-state index contributed by atoms with van der Waals surface area (Å²) in [5.74, 6) is -0.274. The van der Waals surface area contributed by atoms with Crippen molar-refractivity contribution in [1.82, 2.24) is 9.55 Å². The van der Waals surface area contributed by atoms with E-state index in [-0.39, 0.29) is 16.9 Å². The average molecular weight is 399 g/mol. The highest BCUT2D eigenvalue weighted by Gasteiger charge is 2.52. The Bertz CT molecular complexity index is 971. The molecule has 0 aliphatic rings. The van der Waals surface area contributed by atoms with Crippen LogP contribution in [0.25, 0.3) is 16.9 Å². The summed E-state index contributed by atoms with van der Waals surface area (Å²) in [5.41, 5.74) is -5.04. The third kappa shape index (κ3) is 2.82. The molecule has 0 amide bonds. The smallest absolute Gasteiger partial charge is 0.421 e. The van der Waals surface area contributed by atoms with Gasteiger partial charge in [-0.1, -0.05) is 11.6 Å². The molecular formula is C15H9ClF6N2O2. The molecule has 0 fully saturated rings. The molecule has 26 heavy (non-hydrogen) atoms. The number of furan rings is 1. The minimum atomic E-state index is -5.00. The summed E-state index contributed by atoms with van der Waals surface area (Å²) in [4.78, 5) is 3.59. The second kappa shape index (κ2) is 5.65. The molecule has 0 bridgehead atoms. The van der Waals surface area contributed by atoms with Gasteiger partial charge in [0, 0.05) is 23.3 Å². The Morgan fingerprint density at radius 2 is 1.85 bits per heavy atom. The van der Waals surface area contributed by atoms with Crippen LogP contribution >= 0.6 is 11.6 Å². The second-order valence-electron chi connectivity index (χ2n) is 5.65. The van der Waals surface area contributed by atoms with Crippen molar-refractivity contribution in [3.05, 3.63) is 46.9 Å². The highest BCUT2D eigenvalue weighted by atomic mass is 35.5. The molecule has 1 unspecified atom stereocenters. The summed E-state index contributed by atoms with van der Waals surface area (Å²) in [5, 5.41) is 9.41. The number of hydrogen-bond acceptors (Lipinski definition) is 3. The zero-order chi connectivity index (χ0) is 19.5. The van der Waals surface area contributed by atoms with Crippen LogP contribution in [0.1, 0.15) is 18.1 Å². The zero-order valence-electron chi connectivity index (χ0n) is 12.8. The van der Waals surface area contributed by atoms with Crippen molar-refractivity contribution >= 4 is 22.7 Å². The molecule has 0 aromatic carbocycles. The fourth-order valence-electron chi connectivity index (χ4n) is 2.41. The summed E-state index contributed by atoms with van der Waals surface area (Å²) in [6, 6.07) is 1.79. The topological polar surface area (TPSA) is 51.2 Å². The molecule has 140 valence electrons. The van der Waals surface area contributed by atoms with Crippen molar-refractivity contribution in [3.63, 3.8) is 0 Å². The molecule has 0 aliphatic carbocycles. The fourth-order valence-corrected chi connectivity index (χ4v) is 2.67. The first-order chi connectivity index (χ1) is 11.8. The Labute approximate surface area is 146 Å². The van der Waals surface area contributed by atoms with Crippen molar-refractivity contribution in [2.45, 2.75) is 24.9 Å². The fraction of sp³-hybridized carbons (Fsp3) is 0.267. The van der Waals surface area contributed by atoms with Gasteiger partial charge in [0.15, 0.2) is 11.4 Å². The van der Waals surface area contributed by atoms with Crippen molar-refractivity contribution in [2.24, 2.45) is 0 Å². The van der Waals surface area contributed by atoms with E-state index in [9.17, 15) is 31.4 Å². The molecule has 4 nitrogen and oxygen atoms in total. The van der Waals surface area contributed by atoms with Gasteiger partial charge in [-0.2, -0.15) is 26.3 Å². The Morgan fingerprint density at radius 3 is 2.38 bits per heavy atom. The summed E-state index contributed by atoms with van der Waals surface area (Å²) >= 11 is 5.84. The number of aromatic nitrogens is 2. The van der Waals surface area contributed by atoms with Gasteiger partial charge in [-0.05, 0) is 19.1 Å². The van der Waals surface area contributed by atoms with Gasteiger partial charge in [-0.25, -0.2) is 4.98 Å². The standard InChI is InChI=1S/C15H9ClF6N2O2/c1-13(25,15(20,21)22)9-6-24(12-8(9)2-3-26-12)11-10(16)4-7(5-23-11)14(17,18)19/h2-6,25H,1H3. The van der Waals surface area contributed by atoms with Crippen LogP contribution in [0, 0.1) is 0 Å². The first kappa shape index (κ1) is 18.6. The van der Waals surface area contributed by atoms with Gasteiger partial charge in [0.2, 0.25) is 5.71 Å². The first-order valence-corrected chi connectivity index (χ1v) is 7.33. The molecule has 0 radical (unpaired) electrons. The third-order valence-electron chi connectivity index (χ3n) is 3.87. The molecule has 11 heteroatoms. The molecule has 0 aliphatic heterocycles. The highest BCUT2D eigenvalue weighted by Crippen LogP contribution is 2.43. The maximum absolute atomic E-state index is 13.2. The number of aliphatic hydroxyl groups is 1. The van der Waals surface area contributed by atoms with Gasteiger partial charge in [-0.15, -0.1) is 0 Å². The average Bonchev–Trinajstić information content (AvgIpc) is 3.07. The summed E-state index contributed by atoms with van der Waals surface area (Å²) in [7, 11) is 0. The highest BCUT2D eigenvalue weighted by molar-refractivity contribution is 6.32. The number of pyridine rings is 1. The van der Waals surface area contributed by atoms with E-state index in [2.05, 4.69) is 4.98 Å².